The van der Waals surface area contributed by atoms with Gasteiger partial charge in [-0.2, -0.15) is 0 Å². The number of carbonyl (C=O) groups excluding carboxylic acids is 1. The smallest absolute Gasteiger partial charge is 0.322 e. The summed E-state index contributed by atoms with van der Waals surface area (Å²) in [5, 5.41) is 0. The van der Waals surface area contributed by atoms with Gasteiger partial charge in [0.05, 0.1) is 7.11 Å². The number of benzene rings is 1. The summed E-state index contributed by atoms with van der Waals surface area (Å²) < 4.78 is 30.3. The molecule has 1 aromatic carbocycles. The molecule has 0 bridgehead atoms. The van der Waals surface area contributed by atoms with Crippen LogP contribution in [0.3, 0.4) is 0 Å². The van der Waals surface area contributed by atoms with E-state index < -0.39 is 23.6 Å². The fourth-order valence-electron chi connectivity index (χ4n) is 1.18. The SMILES string of the molecule is COC(=O)C(N)Cc1cccc(F)c1F. The Balaban J connectivity index is 2.81. The van der Waals surface area contributed by atoms with Crippen molar-refractivity contribution in [1.29, 1.82) is 0 Å². The number of ether oxygens (including phenoxy) is 1. The molecule has 5 heteroatoms. The molecule has 82 valence electrons. The van der Waals surface area contributed by atoms with Crippen molar-refractivity contribution in [3.8, 4) is 0 Å². The molecule has 0 aliphatic rings. The summed E-state index contributed by atoms with van der Waals surface area (Å²) in [5.74, 6) is -2.58. The first-order chi connectivity index (χ1) is 7.06. The first-order valence-electron chi connectivity index (χ1n) is 4.32. The first-order valence-corrected chi connectivity index (χ1v) is 4.32. The standard InChI is InChI=1S/C10H11F2NO2/c1-15-10(14)8(13)5-6-3-2-4-7(11)9(6)12/h2-4,8H,5,13H2,1H3. The largest absolute Gasteiger partial charge is 0.468 e. The predicted molar refractivity (Wildman–Crippen MR) is 50.1 cm³/mol. The third-order valence-electron chi connectivity index (χ3n) is 1.98. The van der Waals surface area contributed by atoms with Crippen LogP contribution in [0.4, 0.5) is 8.78 Å². The van der Waals surface area contributed by atoms with Crippen LogP contribution in [0.25, 0.3) is 0 Å². The van der Waals surface area contributed by atoms with Crippen molar-refractivity contribution in [2.75, 3.05) is 7.11 Å². The Bertz CT molecular complexity index is 368. The van der Waals surface area contributed by atoms with Gasteiger partial charge in [-0.05, 0) is 11.6 Å². The minimum Gasteiger partial charge on any atom is -0.468 e. The van der Waals surface area contributed by atoms with E-state index in [4.69, 9.17) is 5.73 Å². The molecule has 0 aromatic heterocycles. The molecule has 0 amide bonds. The summed E-state index contributed by atoms with van der Waals surface area (Å²) in [7, 11) is 1.18. The summed E-state index contributed by atoms with van der Waals surface area (Å²) >= 11 is 0. The van der Waals surface area contributed by atoms with Gasteiger partial charge in [0, 0.05) is 6.42 Å². The van der Waals surface area contributed by atoms with Gasteiger partial charge in [0.2, 0.25) is 0 Å². The van der Waals surface area contributed by atoms with Gasteiger partial charge in [0.1, 0.15) is 6.04 Å². The number of hydrogen-bond acceptors (Lipinski definition) is 3. The van der Waals surface area contributed by atoms with E-state index in [1.807, 2.05) is 0 Å². The number of nitrogens with two attached hydrogens (primary N) is 1. The van der Waals surface area contributed by atoms with Crippen LogP contribution >= 0.6 is 0 Å². The molecule has 2 N–H and O–H groups in total. The van der Waals surface area contributed by atoms with Crippen molar-refractivity contribution in [2.45, 2.75) is 12.5 Å². The van der Waals surface area contributed by atoms with Crippen LogP contribution < -0.4 is 5.73 Å². The van der Waals surface area contributed by atoms with Gasteiger partial charge in [0.25, 0.3) is 0 Å². The first kappa shape index (κ1) is 11.6. The molecule has 3 nitrogen and oxygen atoms in total. The number of esters is 1. The second-order valence-corrected chi connectivity index (χ2v) is 3.05. The van der Waals surface area contributed by atoms with E-state index in [1.165, 1.54) is 19.2 Å². The summed E-state index contributed by atoms with van der Waals surface area (Å²) in [6.07, 6.45) is -0.0870. The molecule has 1 unspecified atom stereocenters. The minimum atomic E-state index is -0.980. The molecular formula is C10H11F2NO2. The minimum absolute atomic E-state index is 0.0629. The van der Waals surface area contributed by atoms with Gasteiger partial charge in [-0.15, -0.1) is 0 Å². The highest BCUT2D eigenvalue weighted by Crippen LogP contribution is 2.12. The van der Waals surface area contributed by atoms with E-state index in [-0.39, 0.29) is 12.0 Å². The van der Waals surface area contributed by atoms with E-state index in [0.29, 0.717) is 0 Å². The fraction of sp³-hybridized carbons (Fsp3) is 0.300. The second-order valence-electron chi connectivity index (χ2n) is 3.05. The van der Waals surface area contributed by atoms with Crippen LogP contribution in [0, 0.1) is 11.6 Å². The van der Waals surface area contributed by atoms with Gasteiger partial charge in [-0.1, -0.05) is 12.1 Å². The molecule has 0 saturated carbocycles. The van der Waals surface area contributed by atoms with Gasteiger partial charge in [0.15, 0.2) is 11.6 Å². The maximum absolute atomic E-state index is 13.1. The Morgan fingerprint density at radius 2 is 2.20 bits per heavy atom. The van der Waals surface area contributed by atoms with Gasteiger partial charge in [-0.25, -0.2) is 8.78 Å². The maximum Gasteiger partial charge on any atom is 0.322 e. The Morgan fingerprint density at radius 1 is 1.53 bits per heavy atom. The molecule has 0 heterocycles. The van der Waals surface area contributed by atoms with Gasteiger partial charge >= 0.3 is 5.97 Å². The zero-order valence-corrected chi connectivity index (χ0v) is 8.17. The summed E-state index contributed by atoms with van der Waals surface area (Å²) in [6, 6.07) is 2.76. The molecule has 0 fully saturated rings. The van der Waals surface area contributed by atoms with E-state index in [1.54, 1.807) is 0 Å². The Morgan fingerprint density at radius 3 is 2.80 bits per heavy atom. The molecular weight excluding hydrogens is 204 g/mol. The second kappa shape index (κ2) is 4.84. The van der Waals surface area contributed by atoms with Crippen LogP contribution in [0.2, 0.25) is 0 Å². The average molecular weight is 215 g/mol. The highest BCUT2D eigenvalue weighted by molar-refractivity contribution is 5.75. The third kappa shape index (κ3) is 2.73. The molecule has 0 aliphatic carbocycles. The van der Waals surface area contributed by atoms with E-state index in [0.717, 1.165) is 6.07 Å². The number of hydrogen-bond donors (Lipinski definition) is 1. The topological polar surface area (TPSA) is 52.3 Å². The van der Waals surface area contributed by atoms with Gasteiger partial charge < -0.3 is 10.5 Å². The van der Waals surface area contributed by atoms with Crippen LogP contribution in [-0.2, 0) is 16.0 Å². The molecule has 0 spiro atoms. The predicted octanol–water partition coefficient (Wildman–Crippen LogP) is 1.01. The van der Waals surface area contributed by atoms with Crippen molar-refractivity contribution < 1.29 is 18.3 Å². The Kier molecular flexibility index (Phi) is 3.74. The van der Waals surface area contributed by atoms with Crippen LogP contribution in [0.1, 0.15) is 5.56 Å². The zero-order valence-electron chi connectivity index (χ0n) is 8.17. The lowest BCUT2D eigenvalue weighted by atomic mass is 10.1. The molecule has 1 aromatic rings. The summed E-state index contributed by atoms with van der Waals surface area (Å²) in [5.41, 5.74) is 5.48. The average Bonchev–Trinajstić information content (AvgIpc) is 2.23. The van der Waals surface area contributed by atoms with Crippen molar-refractivity contribution >= 4 is 5.97 Å². The molecule has 15 heavy (non-hydrogen) atoms. The lowest BCUT2D eigenvalue weighted by Crippen LogP contribution is -2.34. The molecule has 0 aliphatic heterocycles. The van der Waals surface area contributed by atoms with Crippen molar-refractivity contribution in [3.05, 3.63) is 35.4 Å². The normalized spacial score (nSPS) is 12.3. The highest BCUT2D eigenvalue weighted by atomic mass is 19.2. The van der Waals surface area contributed by atoms with E-state index in [9.17, 15) is 13.6 Å². The van der Waals surface area contributed by atoms with Crippen molar-refractivity contribution in [3.63, 3.8) is 0 Å². The third-order valence-corrected chi connectivity index (χ3v) is 1.98. The highest BCUT2D eigenvalue weighted by Gasteiger charge is 2.17. The van der Waals surface area contributed by atoms with E-state index >= 15 is 0 Å². The zero-order chi connectivity index (χ0) is 11.4. The lowest BCUT2D eigenvalue weighted by molar-refractivity contribution is -0.142. The summed E-state index contributed by atoms with van der Waals surface area (Å²) in [4.78, 5) is 10.9. The lowest BCUT2D eigenvalue weighted by Gasteiger charge is -2.09. The van der Waals surface area contributed by atoms with Crippen LogP contribution in [0.15, 0.2) is 18.2 Å². The number of rotatable bonds is 3. The van der Waals surface area contributed by atoms with E-state index in [2.05, 4.69) is 4.74 Å². The molecule has 0 radical (unpaired) electrons. The van der Waals surface area contributed by atoms with Gasteiger partial charge in [-0.3, -0.25) is 4.79 Å². The number of carbonyl (C=O) groups is 1. The quantitative estimate of drug-likeness (QED) is 0.765. The van der Waals surface area contributed by atoms with Crippen LogP contribution in [-0.4, -0.2) is 19.1 Å². The molecule has 1 rings (SSSR count). The van der Waals surface area contributed by atoms with Crippen molar-refractivity contribution in [2.24, 2.45) is 5.73 Å². The number of methoxy groups -OCH3 is 1. The maximum atomic E-state index is 13.1. The van der Waals surface area contributed by atoms with Crippen LogP contribution in [0.5, 0.6) is 0 Å². The fourth-order valence-corrected chi connectivity index (χ4v) is 1.18. The molecule has 0 saturated heterocycles. The molecule has 1 atom stereocenters. The Hall–Kier alpha value is -1.49. The Labute approximate surface area is 85.8 Å². The monoisotopic (exact) mass is 215 g/mol. The van der Waals surface area contributed by atoms with Crippen molar-refractivity contribution in [1.82, 2.24) is 0 Å². The summed E-state index contributed by atoms with van der Waals surface area (Å²) in [6.45, 7) is 0. The number of halogens is 2.